The van der Waals surface area contributed by atoms with E-state index in [9.17, 15) is 13.2 Å². The van der Waals surface area contributed by atoms with Gasteiger partial charge in [0.2, 0.25) is 0 Å². The first-order valence-corrected chi connectivity index (χ1v) is 6.14. The zero-order valence-electron chi connectivity index (χ0n) is 9.39. The van der Waals surface area contributed by atoms with Crippen molar-refractivity contribution in [2.24, 2.45) is 0 Å². The monoisotopic (exact) mass is 238 g/mol. The summed E-state index contributed by atoms with van der Waals surface area (Å²) in [5.41, 5.74) is 0. The van der Waals surface area contributed by atoms with Crippen LogP contribution in [0.1, 0.15) is 27.2 Å². The van der Waals surface area contributed by atoms with Crippen molar-refractivity contribution >= 4 is 16.2 Å². The summed E-state index contributed by atoms with van der Waals surface area (Å²) < 4.78 is 26.4. The molecule has 7 heteroatoms. The maximum Gasteiger partial charge on any atom is 0.322 e. The largest absolute Gasteiger partial charge is 0.480 e. The molecule has 0 spiro atoms. The van der Waals surface area contributed by atoms with E-state index in [1.165, 1.54) is 7.05 Å². The minimum absolute atomic E-state index is 0.227. The zero-order valence-corrected chi connectivity index (χ0v) is 10.2. The molecule has 6 nitrogen and oxygen atoms in total. The van der Waals surface area contributed by atoms with Gasteiger partial charge in [-0.3, -0.25) is 4.79 Å². The first kappa shape index (κ1) is 14.3. The van der Waals surface area contributed by atoms with Crippen LogP contribution < -0.4 is 4.72 Å². The van der Waals surface area contributed by atoms with Gasteiger partial charge in [-0.05, 0) is 20.3 Å². The number of carboxylic acid groups (broad SMARTS) is 1. The van der Waals surface area contributed by atoms with Crippen molar-refractivity contribution in [2.75, 3.05) is 7.05 Å². The fraction of sp³-hybridized carbons (Fsp3) is 0.875. The van der Waals surface area contributed by atoms with E-state index in [0.29, 0.717) is 0 Å². The first-order chi connectivity index (χ1) is 6.72. The molecule has 2 N–H and O–H groups in total. The number of carbonyl (C=O) groups is 1. The van der Waals surface area contributed by atoms with Crippen molar-refractivity contribution in [1.29, 1.82) is 0 Å². The Morgan fingerprint density at radius 1 is 1.47 bits per heavy atom. The van der Waals surface area contributed by atoms with Gasteiger partial charge in [-0.2, -0.15) is 17.4 Å². The van der Waals surface area contributed by atoms with E-state index in [1.807, 2.05) is 0 Å². The Labute approximate surface area is 90.5 Å². The van der Waals surface area contributed by atoms with Crippen molar-refractivity contribution in [3.05, 3.63) is 0 Å². The third-order valence-corrected chi connectivity index (χ3v) is 3.66. The molecule has 0 rings (SSSR count). The minimum atomic E-state index is -3.71. The molecule has 0 radical (unpaired) electrons. The van der Waals surface area contributed by atoms with E-state index in [-0.39, 0.29) is 12.5 Å². The van der Waals surface area contributed by atoms with Crippen LogP contribution in [0.4, 0.5) is 0 Å². The van der Waals surface area contributed by atoms with Crippen LogP contribution in [0.5, 0.6) is 0 Å². The van der Waals surface area contributed by atoms with Gasteiger partial charge in [0.15, 0.2) is 0 Å². The van der Waals surface area contributed by atoms with Gasteiger partial charge in [0, 0.05) is 13.1 Å². The van der Waals surface area contributed by atoms with Crippen LogP contribution in [0.25, 0.3) is 0 Å². The highest BCUT2D eigenvalue weighted by Crippen LogP contribution is 2.07. The van der Waals surface area contributed by atoms with Gasteiger partial charge < -0.3 is 5.11 Å². The lowest BCUT2D eigenvalue weighted by atomic mass is 10.2. The number of hydrogen-bond acceptors (Lipinski definition) is 3. The van der Waals surface area contributed by atoms with Gasteiger partial charge >= 0.3 is 5.97 Å². The summed E-state index contributed by atoms with van der Waals surface area (Å²) in [7, 11) is -2.46. The fourth-order valence-corrected chi connectivity index (χ4v) is 2.47. The molecule has 0 heterocycles. The molecule has 1 unspecified atom stereocenters. The quantitative estimate of drug-likeness (QED) is 0.683. The van der Waals surface area contributed by atoms with Gasteiger partial charge in [0.25, 0.3) is 10.2 Å². The van der Waals surface area contributed by atoms with E-state index in [2.05, 4.69) is 4.72 Å². The summed E-state index contributed by atoms with van der Waals surface area (Å²) in [6.07, 6.45) is 0.227. The number of nitrogens with one attached hydrogen (secondary N) is 1. The van der Waals surface area contributed by atoms with Gasteiger partial charge in [-0.15, -0.1) is 0 Å². The van der Waals surface area contributed by atoms with Crippen molar-refractivity contribution in [3.63, 3.8) is 0 Å². The lowest BCUT2D eigenvalue weighted by Gasteiger charge is -2.24. The number of aliphatic carboxylic acids is 1. The van der Waals surface area contributed by atoms with E-state index >= 15 is 0 Å². The first-order valence-electron chi connectivity index (χ1n) is 4.70. The number of carboxylic acids is 1. The van der Waals surface area contributed by atoms with Gasteiger partial charge in [-0.25, -0.2) is 0 Å². The second kappa shape index (κ2) is 5.43. The molecule has 0 aromatic heterocycles. The molecule has 0 aromatic rings. The van der Waals surface area contributed by atoms with Gasteiger partial charge in [-0.1, -0.05) is 6.92 Å². The van der Waals surface area contributed by atoms with Gasteiger partial charge in [0.1, 0.15) is 6.04 Å². The average molecular weight is 238 g/mol. The van der Waals surface area contributed by atoms with Crippen LogP contribution in [-0.2, 0) is 15.0 Å². The smallest absolute Gasteiger partial charge is 0.322 e. The maximum absolute atomic E-state index is 11.6. The summed E-state index contributed by atoms with van der Waals surface area (Å²) in [5, 5.41) is 8.81. The Hall–Kier alpha value is -0.660. The molecule has 0 saturated carbocycles. The summed E-state index contributed by atoms with van der Waals surface area (Å²) in [6, 6.07) is -1.29. The highest BCUT2D eigenvalue weighted by molar-refractivity contribution is 7.87. The molecule has 1 atom stereocenters. The Morgan fingerprint density at radius 2 is 1.93 bits per heavy atom. The van der Waals surface area contributed by atoms with Crippen molar-refractivity contribution in [1.82, 2.24) is 9.03 Å². The van der Waals surface area contributed by atoms with E-state index in [0.717, 1.165) is 4.31 Å². The molecule has 0 saturated heterocycles. The van der Waals surface area contributed by atoms with Gasteiger partial charge in [0.05, 0.1) is 0 Å². The van der Waals surface area contributed by atoms with E-state index in [4.69, 9.17) is 5.11 Å². The highest BCUT2D eigenvalue weighted by atomic mass is 32.2. The standard InChI is InChI=1S/C8H18N2O4S/c1-5-7(8(11)12)10(4)15(13,14)9-6(2)3/h6-7,9H,5H2,1-4H3,(H,11,12). The SMILES string of the molecule is CCC(C(=O)O)N(C)S(=O)(=O)NC(C)C. The molecule has 0 aliphatic rings. The third-order valence-electron chi connectivity index (χ3n) is 1.87. The van der Waals surface area contributed by atoms with Crippen LogP contribution in [0.2, 0.25) is 0 Å². The van der Waals surface area contributed by atoms with Crippen LogP contribution in [-0.4, -0.2) is 42.9 Å². The molecule has 90 valence electrons. The minimum Gasteiger partial charge on any atom is -0.480 e. The Morgan fingerprint density at radius 3 is 2.20 bits per heavy atom. The topological polar surface area (TPSA) is 86.7 Å². The van der Waals surface area contributed by atoms with Crippen molar-refractivity contribution in [3.8, 4) is 0 Å². The second-order valence-electron chi connectivity index (χ2n) is 3.56. The van der Waals surface area contributed by atoms with Crippen LogP contribution in [0, 0.1) is 0 Å². The van der Waals surface area contributed by atoms with Crippen molar-refractivity contribution in [2.45, 2.75) is 39.3 Å². The third kappa shape index (κ3) is 4.15. The number of likely N-dealkylation sites (N-methyl/N-ethyl adjacent to an activating group) is 1. The molecular formula is C8H18N2O4S. The summed E-state index contributed by atoms with van der Waals surface area (Å²) in [6.45, 7) is 4.97. The predicted molar refractivity (Wildman–Crippen MR) is 56.7 cm³/mol. The lowest BCUT2D eigenvalue weighted by Crippen LogP contribution is -2.49. The zero-order chi connectivity index (χ0) is 12.2. The molecule has 0 fully saturated rings. The molecule has 0 bridgehead atoms. The Kier molecular flexibility index (Phi) is 5.19. The normalized spacial score (nSPS) is 14.5. The van der Waals surface area contributed by atoms with Crippen LogP contribution >= 0.6 is 0 Å². The number of rotatable bonds is 6. The predicted octanol–water partition coefficient (Wildman–Crippen LogP) is 0.0242. The molecule has 0 aliphatic carbocycles. The van der Waals surface area contributed by atoms with Crippen LogP contribution in [0.15, 0.2) is 0 Å². The van der Waals surface area contributed by atoms with Crippen molar-refractivity contribution < 1.29 is 18.3 Å². The summed E-state index contributed by atoms with van der Waals surface area (Å²) in [5.74, 6) is -1.14. The molecule has 0 aromatic carbocycles. The Balaban J connectivity index is 4.81. The lowest BCUT2D eigenvalue weighted by molar-refractivity contribution is -0.141. The molecule has 0 aliphatic heterocycles. The average Bonchev–Trinajstić information content (AvgIpc) is 2.01. The summed E-state index contributed by atoms with van der Waals surface area (Å²) in [4.78, 5) is 10.8. The summed E-state index contributed by atoms with van der Waals surface area (Å²) >= 11 is 0. The molecule has 15 heavy (non-hydrogen) atoms. The number of nitrogens with zero attached hydrogens (tertiary/aromatic N) is 1. The van der Waals surface area contributed by atoms with Crippen LogP contribution in [0.3, 0.4) is 0 Å². The number of hydrogen-bond donors (Lipinski definition) is 2. The highest BCUT2D eigenvalue weighted by Gasteiger charge is 2.30. The fourth-order valence-electron chi connectivity index (χ4n) is 1.14. The molecule has 0 amide bonds. The van der Waals surface area contributed by atoms with E-state index in [1.54, 1.807) is 20.8 Å². The maximum atomic E-state index is 11.6. The second-order valence-corrected chi connectivity index (χ2v) is 5.32. The Bertz CT molecular complexity index is 313. The van der Waals surface area contributed by atoms with E-state index < -0.39 is 22.2 Å². The molecular weight excluding hydrogens is 220 g/mol.